The fraction of sp³-hybridized carbons (Fsp3) is 0.435. The lowest BCUT2D eigenvalue weighted by atomic mass is 10.2. The Bertz CT molecular complexity index is 1110. The van der Waals surface area contributed by atoms with E-state index >= 15 is 0 Å². The summed E-state index contributed by atoms with van der Waals surface area (Å²) < 4.78 is 26.4. The van der Waals surface area contributed by atoms with E-state index in [4.69, 9.17) is 16.6 Å². The van der Waals surface area contributed by atoms with Crippen LogP contribution in [0.1, 0.15) is 37.6 Å². The maximum Gasteiger partial charge on any atom is 0.151 e. The molecule has 2 aromatic carbocycles. The predicted octanol–water partition coefficient (Wildman–Crippen LogP) is 4.53. The zero-order valence-corrected chi connectivity index (χ0v) is 18.9. The molecule has 1 unspecified atom stereocenters. The lowest BCUT2D eigenvalue weighted by Gasteiger charge is -2.28. The zero-order chi connectivity index (χ0) is 21.1. The molecule has 0 aliphatic carbocycles. The molecule has 0 radical (unpaired) electrons. The maximum atomic E-state index is 12.1. The number of imidazole rings is 1. The third-order valence-corrected chi connectivity index (χ3v) is 7.83. The molecule has 1 aromatic heterocycles. The molecule has 7 heteroatoms. The molecule has 0 saturated carbocycles. The fourth-order valence-corrected chi connectivity index (χ4v) is 6.14. The molecule has 0 spiro atoms. The first kappa shape index (κ1) is 21.3. The fourth-order valence-electron chi connectivity index (χ4n) is 4.21. The molecule has 0 amide bonds. The number of rotatable bonds is 8. The summed E-state index contributed by atoms with van der Waals surface area (Å²) >= 11 is 6.22. The molecule has 4 rings (SSSR count). The highest BCUT2D eigenvalue weighted by molar-refractivity contribution is 7.91. The highest BCUT2D eigenvalue weighted by atomic mass is 35.5. The lowest BCUT2D eigenvalue weighted by molar-refractivity contribution is 0.193. The summed E-state index contributed by atoms with van der Waals surface area (Å²) in [4.78, 5) is 7.23. The van der Waals surface area contributed by atoms with Gasteiger partial charge in [0.15, 0.2) is 9.84 Å². The summed E-state index contributed by atoms with van der Waals surface area (Å²) in [5.74, 6) is 1.49. The maximum absolute atomic E-state index is 12.1. The highest BCUT2D eigenvalue weighted by Crippen LogP contribution is 2.25. The Kier molecular flexibility index (Phi) is 6.46. The van der Waals surface area contributed by atoms with E-state index in [1.54, 1.807) is 0 Å². The summed E-state index contributed by atoms with van der Waals surface area (Å²) in [5, 5.41) is 0.670. The number of nitrogens with zero attached hydrogens (tertiary/aromatic N) is 3. The topological polar surface area (TPSA) is 55.2 Å². The zero-order valence-electron chi connectivity index (χ0n) is 17.3. The minimum absolute atomic E-state index is 0.0649. The second-order valence-electron chi connectivity index (χ2n) is 8.11. The minimum atomic E-state index is -2.93. The van der Waals surface area contributed by atoms with E-state index in [2.05, 4.69) is 28.5 Å². The van der Waals surface area contributed by atoms with E-state index in [1.165, 1.54) is 5.56 Å². The molecule has 160 valence electrons. The van der Waals surface area contributed by atoms with Gasteiger partial charge in [0, 0.05) is 17.6 Å². The molecule has 30 heavy (non-hydrogen) atoms. The largest absolute Gasteiger partial charge is 0.322 e. The molecule has 1 fully saturated rings. The summed E-state index contributed by atoms with van der Waals surface area (Å²) in [6.45, 7) is 4.40. The van der Waals surface area contributed by atoms with E-state index in [9.17, 15) is 8.42 Å². The van der Waals surface area contributed by atoms with E-state index in [0.717, 1.165) is 42.8 Å². The first-order chi connectivity index (χ1) is 14.4. The molecule has 1 saturated heterocycles. The van der Waals surface area contributed by atoms with E-state index in [0.29, 0.717) is 18.0 Å². The number of halogens is 1. The monoisotopic (exact) mass is 445 g/mol. The number of hydrogen-bond donors (Lipinski definition) is 0. The Morgan fingerprint density at radius 3 is 2.70 bits per heavy atom. The van der Waals surface area contributed by atoms with Gasteiger partial charge in [-0.2, -0.15) is 0 Å². The molecule has 3 aromatic rings. The standard InChI is InChI=1S/C23H28ClN3O2S/c1-2-3-12-26(20-11-13-30(28,29)17-20)16-23-25-21-14-19(24)9-10-22(21)27(23)15-18-7-5-4-6-8-18/h4-10,14,20H,2-3,11-13,15-17H2,1H3. The van der Waals surface area contributed by atoms with Crippen LogP contribution in [0, 0.1) is 0 Å². The number of aromatic nitrogens is 2. The Hall–Kier alpha value is -1.89. The highest BCUT2D eigenvalue weighted by Gasteiger charge is 2.32. The number of hydrogen-bond acceptors (Lipinski definition) is 4. The molecular weight excluding hydrogens is 418 g/mol. The van der Waals surface area contributed by atoms with Crippen LogP contribution in [0.5, 0.6) is 0 Å². The van der Waals surface area contributed by atoms with Gasteiger partial charge in [0.1, 0.15) is 5.82 Å². The van der Waals surface area contributed by atoms with Crippen LogP contribution in [-0.2, 0) is 22.9 Å². The van der Waals surface area contributed by atoms with Crippen molar-refractivity contribution in [3.8, 4) is 0 Å². The van der Waals surface area contributed by atoms with Crippen LogP contribution in [-0.4, -0.2) is 47.0 Å². The number of sulfone groups is 1. The number of unbranched alkanes of at least 4 members (excludes halogenated alkanes) is 1. The average molecular weight is 446 g/mol. The van der Waals surface area contributed by atoms with Crippen molar-refractivity contribution in [2.24, 2.45) is 0 Å². The summed E-state index contributed by atoms with van der Waals surface area (Å²) in [7, 11) is -2.93. The van der Waals surface area contributed by atoms with Crippen molar-refractivity contribution in [2.45, 2.75) is 45.3 Å². The van der Waals surface area contributed by atoms with Gasteiger partial charge in [-0.15, -0.1) is 0 Å². The Balaban J connectivity index is 1.69. The van der Waals surface area contributed by atoms with E-state index in [1.807, 2.05) is 36.4 Å². The molecule has 1 aliphatic rings. The second-order valence-corrected chi connectivity index (χ2v) is 10.8. The summed E-state index contributed by atoms with van der Waals surface area (Å²) in [5.41, 5.74) is 3.13. The number of benzene rings is 2. The third-order valence-electron chi connectivity index (χ3n) is 5.84. The molecule has 2 heterocycles. The van der Waals surface area contributed by atoms with Crippen molar-refractivity contribution in [2.75, 3.05) is 18.1 Å². The van der Waals surface area contributed by atoms with Gasteiger partial charge in [-0.25, -0.2) is 13.4 Å². The summed E-state index contributed by atoms with van der Waals surface area (Å²) in [6, 6.07) is 16.2. The van der Waals surface area contributed by atoms with Crippen molar-refractivity contribution >= 4 is 32.5 Å². The normalized spacial score (nSPS) is 18.4. The molecule has 1 atom stereocenters. The molecule has 0 bridgehead atoms. The first-order valence-corrected chi connectivity index (χ1v) is 12.8. The lowest BCUT2D eigenvalue weighted by Crippen LogP contribution is -2.37. The Morgan fingerprint density at radius 1 is 1.20 bits per heavy atom. The van der Waals surface area contributed by atoms with Crippen molar-refractivity contribution in [3.63, 3.8) is 0 Å². The van der Waals surface area contributed by atoms with Gasteiger partial charge in [-0.05, 0) is 43.1 Å². The van der Waals surface area contributed by atoms with Gasteiger partial charge in [0.05, 0.1) is 29.1 Å². The minimum Gasteiger partial charge on any atom is -0.322 e. The van der Waals surface area contributed by atoms with Crippen molar-refractivity contribution in [1.29, 1.82) is 0 Å². The van der Waals surface area contributed by atoms with Crippen LogP contribution < -0.4 is 0 Å². The van der Waals surface area contributed by atoms with Crippen molar-refractivity contribution in [1.82, 2.24) is 14.5 Å². The average Bonchev–Trinajstić information content (AvgIpc) is 3.25. The molecular formula is C23H28ClN3O2S. The van der Waals surface area contributed by atoms with Crippen LogP contribution in [0.2, 0.25) is 5.02 Å². The Labute approximate surface area is 183 Å². The van der Waals surface area contributed by atoms with E-state index in [-0.39, 0.29) is 17.5 Å². The van der Waals surface area contributed by atoms with Gasteiger partial charge in [-0.1, -0.05) is 55.3 Å². The van der Waals surface area contributed by atoms with E-state index < -0.39 is 9.84 Å². The second kappa shape index (κ2) is 9.08. The van der Waals surface area contributed by atoms with Gasteiger partial charge in [0.25, 0.3) is 0 Å². The Morgan fingerprint density at radius 2 is 2.00 bits per heavy atom. The van der Waals surface area contributed by atoms with Gasteiger partial charge in [-0.3, -0.25) is 4.90 Å². The van der Waals surface area contributed by atoms with Crippen LogP contribution in [0.4, 0.5) is 0 Å². The van der Waals surface area contributed by atoms with Crippen LogP contribution >= 0.6 is 11.6 Å². The van der Waals surface area contributed by atoms with Crippen molar-refractivity contribution in [3.05, 3.63) is 64.9 Å². The van der Waals surface area contributed by atoms with Gasteiger partial charge < -0.3 is 4.57 Å². The van der Waals surface area contributed by atoms with Gasteiger partial charge in [0.2, 0.25) is 0 Å². The third kappa shape index (κ3) is 4.88. The quantitative estimate of drug-likeness (QED) is 0.511. The van der Waals surface area contributed by atoms with Crippen molar-refractivity contribution < 1.29 is 8.42 Å². The number of fused-ring (bicyclic) bond motifs is 1. The van der Waals surface area contributed by atoms with Crippen LogP contribution in [0.15, 0.2) is 48.5 Å². The summed E-state index contributed by atoms with van der Waals surface area (Å²) in [6.07, 6.45) is 2.82. The smallest absolute Gasteiger partial charge is 0.151 e. The molecule has 1 aliphatic heterocycles. The molecule has 5 nitrogen and oxygen atoms in total. The predicted molar refractivity (Wildman–Crippen MR) is 123 cm³/mol. The van der Waals surface area contributed by atoms with Crippen LogP contribution in [0.25, 0.3) is 11.0 Å². The SMILES string of the molecule is CCCCN(Cc1nc2cc(Cl)ccc2n1Cc1ccccc1)C1CCS(=O)(=O)C1. The first-order valence-electron chi connectivity index (χ1n) is 10.6. The van der Waals surface area contributed by atoms with Crippen LogP contribution in [0.3, 0.4) is 0 Å². The molecule has 0 N–H and O–H groups in total. The van der Waals surface area contributed by atoms with Gasteiger partial charge >= 0.3 is 0 Å².